The molecular formula is C7H12NO2. The lowest BCUT2D eigenvalue weighted by molar-refractivity contribution is -0.138. The fraction of sp³-hybridized carbons (Fsp3) is 0.429. The minimum absolute atomic E-state index is 0.261. The number of carbonyl (C=O) groups excluding carboxylic acids is 1. The number of ether oxygens (including phenoxy) is 1. The summed E-state index contributed by atoms with van der Waals surface area (Å²) in [6.07, 6.45) is 0. The zero-order chi connectivity index (χ0) is 7.98. The number of hydrogen-bond acceptors (Lipinski definition) is 3. The average Bonchev–Trinajstić information content (AvgIpc) is 1.89. The Balaban J connectivity index is 3.60. The van der Waals surface area contributed by atoms with Crippen molar-refractivity contribution in [3.8, 4) is 0 Å². The van der Waals surface area contributed by atoms with Crippen LogP contribution >= 0.6 is 0 Å². The van der Waals surface area contributed by atoms with E-state index in [1.165, 1.54) is 0 Å². The third-order valence-electron chi connectivity index (χ3n) is 0.860. The Morgan fingerprint density at radius 2 is 2.30 bits per heavy atom. The third-order valence-corrected chi connectivity index (χ3v) is 0.860. The highest BCUT2D eigenvalue weighted by Gasteiger charge is 2.03. The highest BCUT2D eigenvalue weighted by molar-refractivity contribution is 5.86. The normalized spacial score (nSPS) is 8.60. The molecule has 10 heavy (non-hydrogen) atoms. The standard InChI is InChI=1S/C7H12NO2/c1-4-8-6(3)7(9)10-5-2/h8H,1,3-5H2,2H3. The van der Waals surface area contributed by atoms with Gasteiger partial charge in [-0.25, -0.2) is 4.79 Å². The van der Waals surface area contributed by atoms with Gasteiger partial charge < -0.3 is 10.1 Å². The molecule has 0 saturated carbocycles. The summed E-state index contributed by atoms with van der Waals surface area (Å²) in [5, 5.41) is 2.65. The van der Waals surface area contributed by atoms with E-state index in [1.54, 1.807) is 6.92 Å². The Morgan fingerprint density at radius 1 is 1.70 bits per heavy atom. The summed E-state index contributed by atoms with van der Waals surface area (Å²) in [7, 11) is 0. The molecule has 0 aliphatic rings. The maximum absolute atomic E-state index is 10.7. The first kappa shape index (κ1) is 9.01. The molecular weight excluding hydrogens is 130 g/mol. The molecule has 0 spiro atoms. The first-order valence-corrected chi connectivity index (χ1v) is 3.11. The summed E-state index contributed by atoms with van der Waals surface area (Å²) in [6.45, 7) is 9.49. The quantitative estimate of drug-likeness (QED) is 0.458. The van der Waals surface area contributed by atoms with E-state index >= 15 is 0 Å². The van der Waals surface area contributed by atoms with Gasteiger partial charge in [0.1, 0.15) is 5.70 Å². The molecule has 0 saturated heterocycles. The summed E-state index contributed by atoms with van der Waals surface area (Å²) in [5.74, 6) is -0.411. The lowest BCUT2D eigenvalue weighted by atomic mass is 10.5. The van der Waals surface area contributed by atoms with Gasteiger partial charge in [0.25, 0.3) is 0 Å². The minimum Gasteiger partial charge on any atom is -0.461 e. The second kappa shape index (κ2) is 4.85. The number of hydrogen-bond donors (Lipinski definition) is 1. The van der Waals surface area contributed by atoms with Crippen LogP contribution in [-0.4, -0.2) is 19.1 Å². The van der Waals surface area contributed by atoms with Crippen LogP contribution in [0.5, 0.6) is 0 Å². The van der Waals surface area contributed by atoms with Crippen molar-refractivity contribution in [2.45, 2.75) is 6.92 Å². The zero-order valence-corrected chi connectivity index (χ0v) is 6.14. The second-order valence-electron chi connectivity index (χ2n) is 1.63. The number of rotatable bonds is 4. The Kier molecular flexibility index (Phi) is 4.37. The molecule has 0 bridgehead atoms. The van der Waals surface area contributed by atoms with Gasteiger partial charge in [-0.15, -0.1) is 0 Å². The van der Waals surface area contributed by atoms with Crippen molar-refractivity contribution in [2.24, 2.45) is 0 Å². The number of carbonyl (C=O) groups is 1. The predicted octanol–water partition coefficient (Wildman–Crippen LogP) is 0.487. The van der Waals surface area contributed by atoms with E-state index in [-0.39, 0.29) is 5.70 Å². The van der Waals surface area contributed by atoms with Crippen LogP contribution in [0.15, 0.2) is 12.3 Å². The SMILES string of the molecule is [CH2]CNC(=C)C(=O)OCC. The van der Waals surface area contributed by atoms with Crippen LogP contribution in [0.3, 0.4) is 0 Å². The van der Waals surface area contributed by atoms with E-state index < -0.39 is 5.97 Å². The van der Waals surface area contributed by atoms with E-state index in [0.717, 1.165) is 0 Å². The Labute approximate surface area is 61.1 Å². The van der Waals surface area contributed by atoms with Crippen molar-refractivity contribution in [1.29, 1.82) is 0 Å². The average molecular weight is 142 g/mol. The summed E-state index contributed by atoms with van der Waals surface area (Å²) in [4.78, 5) is 10.7. The van der Waals surface area contributed by atoms with Crippen molar-refractivity contribution >= 4 is 5.97 Å². The van der Waals surface area contributed by atoms with E-state index in [2.05, 4.69) is 23.6 Å². The Bertz CT molecular complexity index is 116. The Morgan fingerprint density at radius 3 is 2.70 bits per heavy atom. The molecule has 0 aliphatic heterocycles. The van der Waals surface area contributed by atoms with Gasteiger partial charge >= 0.3 is 5.97 Å². The molecule has 0 aromatic carbocycles. The molecule has 0 aromatic heterocycles. The molecule has 0 atom stereocenters. The monoisotopic (exact) mass is 142 g/mol. The molecule has 1 N–H and O–H groups in total. The molecule has 3 nitrogen and oxygen atoms in total. The van der Waals surface area contributed by atoms with Gasteiger partial charge in [-0.1, -0.05) is 6.58 Å². The van der Waals surface area contributed by atoms with Crippen LogP contribution in [0, 0.1) is 6.92 Å². The van der Waals surface area contributed by atoms with Gasteiger partial charge in [-0.3, -0.25) is 0 Å². The van der Waals surface area contributed by atoms with Crippen LogP contribution in [0.2, 0.25) is 0 Å². The van der Waals surface area contributed by atoms with Crippen LogP contribution in [0.25, 0.3) is 0 Å². The maximum Gasteiger partial charge on any atom is 0.353 e. The molecule has 0 aliphatic carbocycles. The fourth-order valence-electron chi connectivity index (χ4n) is 0.441. The van der Waals surface area contributed by atoms with E-state index in [4.69, 9.17) is 0 Å². The summed E-state index contributed by atoms with van der Waals surface area (Å²) < 4.78 is 4.63. The molecule has 0 unspecified atom stereocenters. The highest BCUT2D eigenvalue weighted by Crippen LogP contribution is 1.87. The topological polar surface area (TPSA) is 38.3 Å². The van der Waals surface area contributed by atoms with Crippen molar-refractivity contribution in [3.63, 3.8) is 0 Å². The first-order chi connectivity index (χ1) is 4.72. The first-order valence-electron chi connectivity index (χ1n) is 3.11. The lowest BCUT2D eigenvalue weighted by Gasteiger charge is -2.04. The van der Waals surface area contributed by atoms with Crippen LogP contribution in [0.1, 0.15) is 6.92 Å². The smallest absolute Gasteiger partial charge is 0.353 e. The van der Waals surface area contributed by atoms with Gasteiger partial charge in [-0.2, -0.15) is 0 Å². The van der Waals surface area contributed by atoms with Gasteiger partial charge in [0, 0.05) is 6.54 Å². The van der Waals surface area contributed by atoms with Crippen molar-refractivity contribution in [2.75, 3.05) is 13.2 Å². The van der Waals surface area contributed by atoms with Gasteiger partial charge in [0.05, 0.1) is 6.61 Å². The van der Waals surface area contributed by atoms with Crippen LogP contribution in [0.4, 0.5) is 0 Å². The maximum atomic E-state index is 10.7. The molecule has 0 heterocycles. The summed E-state index contributed by atoms with van der Waals surface area (Å²) in [5.41, 5.74) is 0.261. The summed E-state index contributed by atoms with van der Waals surface area (Å²) in [6, 6.07) is 0. The number of esters is 1. The van der Waals surface area contributed by atoms with Gasteiger partial charge in [0.15, 0.2) is 0 Å². The third kappa shape index (κ3) is 3.12. The largest absolute Gasteiger partial charge is 0.461 e. The summed E-state index contributed by atoms with van der Waals surface area (Å²) >= 11 is 0. The van der Waals surface area contributed by atoms with Crippen molar-refractivity contribution < 1.29 is 9.53 Å². The van der Waals surface area contributed by atoms with Crippen LogP contribution < -0.4 is 5.32 Å². The van der Waals surface area contributed by atoms with Gasteiger partial charge in [0.2, 0.25) is 0 Å². The second-order valence-corrected chi connectivity index (χ2v) is 1.63. The predicted molar refractivity (Wildman–Crippen MR) is 39.1 cm³/mol. The molecule has 1 radical (unpaired) electrons. The van der Waals surface area contributed by atoms with Crippen molar-refractivity contribution in [1.82, 2.24) is 5.32 Å². The van der Waals surface area contributed by atoms with E-state index in [9.17, 15) is 4.79 Å². The number of nitrogens with one attached hydrogen (secondary N) is 1. The Hall–Kier alpha value is -0.990. The fourth-order valence-corrected chi connectivity index (χ4v) is 0.441. The molecule has 0 aromatic rings. The molecule has 0 fully saturated rings. The van der Waals surface area contributed by atoms with E-state index in [0.29, 0.717) is 13.2 Å². The molecule has 57 valence electrons. The van der Waals surface area contributed by atoms with E-state index in [1.807, 2.05) is 0 Å². The minimum atomic E-state index is -0.411. The molecule has 0 amide bonds. The van der Waals surface area contributed by atoms with Gasteiger partial charge in [-0.05, 0) is 13.8 Å². The molecule has 3 heteroatoms. The highest BCUT2D eigenvalue weighted by atomic mass is 16.5. The lowest BCUT2D eigenvalue weighted by Crippen LogP contribution is -2.20. The molecule has 0 rings (SSSR count). The zero-order valence-electron chi connectivity index (χ0n) is 6.14. The van der Waals surface area contributed by atoms with Crippen molar-refractivity contribution in [3.05, 3.63) is 19.2 Å². The van der Waals surface area contributed by atoms with Crippen LogP contribution in [-0.2, 0) is 9.53 Å².